The number of aryl methyl sites for hydroxylation is 1. The second-order valence-corrected chi connectivity index (χ2v) is 10.7. The Morgan fingerprint density at radius 1 is 1.25 bits per heavy atom. The number of imidazole rings is 1. The quantitative estimate of drug-likeness (QED) is 0.399. The van der Waals surface area contributed by atoms with E-state index in [1.807, 2.05) is 13.1 Å². The van der Waals surface area contributed by atoms with Gasteiger partial charge in [-0.1, -0.05) is 0 Å². The van der Waals surface area contributed by atoms with E-state index in [-0.39, 0.29) is 11.9 Å². The molecule has 2 aliphatic rings. The van der Waals surface area contributed by atoms with Crippen molar-refractivity contribution in [2.45, 2.75) is 38.3 Å². The second kappa shape index (κ2) is 8.85. The molecule has 1 atom stereocenters. The molecule has 1 aliphatic carbocycles. The molecule has 0 radical (unpaired) electrons. The fourth-order valence-corrected chi connectivity index (χ4v) is 6.26. The molecule has 0 spiro atoms. The van der Waals surface area contributed by atoms with Crippen molar-refractivity contribution in [3.63, 3.8) is 0 Å². The number of aromatic nitrogens is 3. The van der Waals surface area contributed by atoms with Gasteiger partial charge in [0.05, 0.1) is 18.3 Å². The minimum Gasteiger partial charge on any atom is -0.494 e. The van der Waals surface area contributed by atoms with Crippen LogP contribution < -0.4 is 10.1 Å². The number of piperidine rings is 1. The summed E-state index contributed by atoms with van der Waals surface area (Å²) in [5.41, 5.74) is 3.12. The molecule has 3 aromatic heterocycles. The van der Waals surface area contributed by atoms with Gasteiger partial charge in [-0.25, -0.2) is 9.78 Å². The summed E-state index contributed by atoms with van der Waals surface area (Å²) in [6, 6.07) is 7.69. The van der Waals surface area contributed by atoms with Gasteiger partial charge in [0.1, 0.15) is 16.1 Å². The molecule has 2 N–H and O–H groups in total. The lowest BCUT2D eigenvalue weighted by Gasteiger charge is -2.32. The van der Waals surface area contributed by atoms with Crippen molar-refractivity contribution in [3.05, 3.63) is 35.2 Å². The number of rotatable bonds is 6. The van der Waals surface area contributed by atoms with E-state index in [1.54, 1.807) is 29.4 Å². The number of hydrogen-bond acceptors (Lipinski definition) is 5. The smallest absolute Gasteiger partial charge is 0.404 e. The van der Waals surface area contributed by atoms with Crippen LogP contribution in [0.5, 0.6) is 5.75 Å². The van der Waals surface area contributed by atoms with Gasteiger partial charge in [0.25, 0.3) is 5.91 Å². The molecule has 4 aromatic rings. The third kappa shape index (κ3) is 3.99. The van der Waals surface area contributed by atoms with Crippen LogP contribution in [0, 0.1) is 5.92 Å². The number of ether oxygens (including phenoxy) is 1. The topological polar surface area (TPSA) is 102 Å². The molecular weight excluding hydrogens is 478 g/mol. The van der Waals surface area contributed by atoms with Gasteiger partial charge in [-0.3, -0.25) is 4.79 Å². The number of methoxy groups -OCH3 is 1. The molecule has 2 fully saturated rings. The van der Waals surface area contributed by atoms with Crippen LogP contribution in [-0.4, -0.2) is 62.4 Å². The fraction of sp³-hybridized carbons (Fsp3) is 0.423. The summed E-state index contributed by atoms with van der Waals surface area (Å²) in [6.45, 7) is 1.93. The van der Waals surface area contributed by atoms with Gasteiger partial charge in [-0.05, 0) is 61.2 Å². The summed E-state index contributed by atoms with van der Waals surface area (Å²) in [5.74, 6) is 2.02. The van der Waals surface area contributed by atoms with E-state index in [4.69, 9.17) is 14.8 Å². The molecule has 1 aromatic carbocycles. The first-order valence-electron chi connectivity index (χ1n) is 12.3. The Kier molecular flexibility index (Phi) is 5.63. The number of likely N-dealkylation sites (tertiary alicyclic amines) is 1. The highest BCUT2D eigenvalue weighted by atomic mass is 32.1. The maximum absolute atomic E-state index is 13.4. The van der Waals surface area contributed by atoms with Crippen LogP contribution in [0.15, 0.2) is 29.6 Å². The molecule has 2 amide bonds. The standard InChI is InChI=1S/C26H29N5O4S/c1-29-22-19(28-23(29)20-11-16-7-9-36-25(16)31(20)13-15-5-6-15)10-17(12-21(22)35-2)24(32)30-8-3-4-18(14-30)27-26(33)34/h7,9-12,15,18,27H,3-6,8,13-14H2,1-2H3,(H,33,34)/t18-/m1/s1. The number of nitrogens with zero attached hydrogens (tertiary/aromatic N) is 4. The number of carbonyl (C=O) groups is 2. The van der Waals surface area contributed by atoms with Crippen LogP contribution in [0.25, 0.3) is 32.8 Å². The van der Waals surface area contributed by atoms with E-state index in [0.29, 0.717) is 29.9 Å². The summed E-state index contributed by atoms with van der Waals surface area (Å²) >= 11 is 1.75. The van der Waals surface area contributed by atoms with Crippen molar-refractivity contribution in [2.24, 2.45) is 13.0 Å². The highest BCUT2D eigenvalue weighted by Crippen LogP contribution is 2.39. The van der Waals surface area contributed by atoms with E-state index in [0.717, 1.165) is 42.3 Å². The Bertz CT molecular complexity index is 1480. The number of amides is 2. The monoisotopic (exact) mass is 507 g/mol. The highest BCUT2D eigenvalue weighted by Gasteiger charge is 2.29. The van der Waals surface area contributed by atoms with Gasteiger partial charge in [0.15, 0.2) is 5.82 Å². The third-order valence-electron chi connectivity index (χ3n) is 7.31. The number of nitrogens with one attached hydrogen (secondary N) is 1. The van der Waals surface area contributed by atoms with E-state index in [9.17, 15) is 9.59 Å². The summed E-state index contributed by atoms with van der Waals surface area (Å²) in [4.78, 5) is 32.5. The number of carbonyl (C=O) groups excluding carboxylic acids is 1. The maximum Gasteiger partial charge on any atom is 0.404 e. The van der Waals surface area contributed by atoms with Crippen LogP contribution in [-0.2, 0) is 13.6 Å². The molecular formula is C26H29N5O4S. The fourth-order valence-electron chi connectivity index (χ4n) is 5.36. The van der Waals surface area contributed by atoms with Gasteiger partial charge >= 0.3 is 6.09 Å². The molecule has 1 aliphatic heterocycles. The van der Waals surface area contributed by atoms with Crippen molar-refractivity contribution in [1.29, 1.82) is 0 Å². The lowest BCUT2D eigenvalue weighted by molar-refractivity contribution is 0.0692. The summed E-state index contributed by atoms with van der Waals surface area (Å²) < 4.78 is 10.2. The van der Waals surface area contributed by atoms with Crippen LogP contribution >= 0.6 is 11.3 Å². The summed E-state index contributed by atoms with van der Waals surface area (Å²) in [7, 11) is 3.60. The van der Waals surface area contributed by atoms with Gasteiger partial charge in [0.2, 0.25) is 0 Å². The van der Waals surface area contributed by atoms with E-state index >= 15 is 0 Å². The molecule has 6 rings (SSSR count). The lowest BCUT2D eigenvalue weighted by atomic mass is 10.0. The van der Waals surface area contributed by atoms with E-state index in [2.05, 4.69) is 32.0 Å². The average Bonchev–Trinajstić information content (AvgIpc) is 3.31. The molecule has 0 bridgehead atoms. The van der Waals surface area contributed by atoms with Crippen molar-refractivity contribution >= 4 is 44.6 Å². The predicted molar refractivity (Wildman–Crippen MR) is 139 cm³/mol. The minimum atomic E-state index is -1.07. The Balaban J connectivity index is 1.39. The first-order valence-corrected chi connectivity index (χ1v) is 13.2. The van der Waals surface area contributed by atoms with Crippen LogP contribution in [0.2, 0.25) is 0 Å². The van der Waals surface area contributed by atoms with Crippen LogP contribution in [0.3, 0.4) is 0 Å². The van der Waals surface area contributed by atoms with Crippen molar-refractivity contribution in [3.8, 4) is 17.3 Å². The molecule has 10 heteroatoms. The van der Waals surface area contributed by atoms with Crippen molar-refractivity contribution < 1.29 is 19.4 Å². The van der Waals surface area contributed by atoms with Crippen LogP contribution in [0.4, 0.5) is 4.79 Å². The van der Waals surface area contributed by atoms with Gasteiger partial charge in [-0.2, -0.15) is 0 Å². The van der Waals surface area contributed by atoms with Gasteiger partial charge < -0.3 is 29.2 Å². The number of thiophene rings is 1. The Morgan fingerprint density at radius 3 is 2.83 bits per heavy atom. The molecule has 0 unspecified atom stereocenters. The Hall–Kier alpha value is -3.53. The zero-order valence-corrected chi connectivity index (χ0v) is 21.2. The first kappa shape index (κ1) is 22.9. The highest BCUT2D eigenvalue weighted by molar-refractivity contribution is 7.16. The number of carboxylic acid groups (broad SMARTS) is 1. The normalized spacial score (nSPS) is 18.2. The van der Waals surface area contributed by atoms with E-state index < -0.39 is 6.09 Å². The van der Waals surface area contributed by atoms with Crippen LogP contribution in [0.1, 0.15) is 36.0 Å². The summed E-state index contributed by atoms with van der Waals surface area (Å²) in [5, 5.41) is 14.9. The third-order valence-corrected chi connectivity index (χ3v) is 8.26. The molecule has 188 valence electrons. The van der Waals surface area contributed by atoms with Crippen molar-refractivity contribution in [1.82, 2.24) is 24.3 Å². The number of benzene rings is 1. The molecule has 36 heavy (non-hydrogen) atoms. The second-order valence-electron chi connectivity index (χ2n) is 9.85. The van der Waals surface area contributed by atoms with E-state index in [1.165, 1.54) is 23.1 Å². The zero-order valence-electron chi connectivity index (χ0n) is 20.4. The Morgan fingerprint density at radius 2 is 2.08 bits per heavy atom. The molecule has 9 nitrogen and oxygen atoms in total. The SMILES string of the molecule is COc1cc(C(=O)N2CCC[C@@H](NC(=O)O)C2)cc2nc(-c3cc4ccsc4n3CC3CC3)n(C)c12. The van der Waals surface area contributed by atoms with Gasteiger partial charge in [-0.15, -0.1) is 11.3 Å². The predicted octanol–water partition coefficient (Wildman–Crippen LogP) is 4.55. The van der Waals surface area contributed by atoms with Gasteiger partial charge in [0, 0.05) is 43.7 Å². The Labute approximate surface area is 212 Å². The zero-order chi connectivity index (χ0) is 25.0. The largest absolute Gasteiger partial charge is 0.494 e. The molecule has 1 saturated carbocycles. The lowest BCUT2D eigenvalue weighted by Crippen LogP contribution is -2.49. The molecule has 1 saturated heterocycles. The first-order chi connectivity index (χ1) is 17.4. The van der Waals surface area contributed by atoms with Crippen molar-refractivity contribution in [2.75, 3.05) is 20.2 Å². The minimum absolute atomic E-state index is 0.142. The molecule has 4 heterocycles. The number of hydrogen-bond donors (Lipinski definition) is 2. The summed E-state index contributed by atoms with van der Waals surface area (Å²) in [6.07, 6.45) is 2.95. The number of fused-ring (bicyclic) bond motifs is 2. The average molecular weight is 508 g/mol. The maximum atomic E-state index is 13.4.